The zero-order valence-corrected chi connectivity index (χ0v) is 4.14. The van der Waals surface area contributed by atoms with Gasteiger partial charge in [0, 0.05) is 4.08 Å². The van der Waals surface area contributed by atoms with Crippen molar-refractivity contribution in [2.75, 3.05) is 0 Å². The van der Waals surface area contributed by atoms with E-state index in [0.29, 0.717) is 0 Å². The van der Waals surface area contributed by atoms with Crippen molar-refractivity contribution in [1.29, 1.82) is 0 Å². The number of hydrogen-bond donors (Lipinski definition) is 1. The second kappa shape index (κ2) is 3.27. The zero-order chi connectivity index (χ0) is 3.41. The van der Waals surface area contributed by atoms with Gasteiger partial charge in [-0.05, 0) is 22.6 Å². The molecule has 1 N–H and O–H groups in total. The molecule has 0 heterocycles. The van der Waals surface area contributed by atoms with Crippen molar-refractivity contribution in [3.63, 3.8) is 0 Å². The molecule has 0 saturated carbocycles. The van der Waals surface area contributed by atoms with Crippen LogP contribution in [0.25, 0.3) is 0 Å². The van der Waals surface area contributed by atoms with E-state index in [-0.39, 0.29) is 0 Å². The molecule has 0 aromatic rings. The first-order valence-corrected chi connectivity index (χ1v) is 2.06. The van der Waals surface area contributed by atoms with E-state index in [0.717, 1.165) is 6.26 Å². The number of aliphatic hydroxyl groups is 1. The van der Waals surface area contributed by atoms with Gasteiger partial charge in [0.15, 0.2) is 0 Å². The van der Waals surface area contributed by atoms with E-state index in [2.05, 4.69) is 0 Å². The molecule has 0 aliphatic rings. The smallest absolute Gasteiger partial charge is 0.0852 e. The Hall–Kier alpha value is 0.270. The third-order valence-corrected chi connectivity index (χ3v) is 0.378. The highest BCUT2D eigenvalue weighted by Gasteiger charge is 1.37. The maximum Gasteiger partial charge on any atom is 0.0852 e. The second-order valence-electron chi connectivity index (χ2n) is 0.275. The fourth-order valence-corrected chi connectivity index (χ4v) is 0. The molecule has 0 saturated heterocycles. The molecule has 24 valence electrons. The lowest BCUT2D eigenvalue weighted by atomic mass is 11.2. The van der Waals surface area contributed by atoms with Crippen LogP contribution in [0.15, 0.2) is 10.3 Å². The van der Waals surface area contributed by atoms with Crippen molar-refractivity contribution in [3.8, 4) is 0 Å². The van der Waals surface area contributed by atoms with Crippen LogP contribution in [0.2, 0.25) is 0 Å². The fourth-order valence-electron chi connectivity index (χ4n) is 0. The normalized spacial score (nSPS) is 9.25. The van der Waals surface area contributed by atoms with Gasteiger partial charge >= 0.3 is 0 Å². The van der Waals surface area contributed by atoms with Crippen molar-refractivity contribution >= 4 is 22.6 Å². The fraction of sp³-hybridized carbons (Fsp3) is 0. The molecule has 0 aromatic carbocycles. The van der Waals surface area contributed by atoms with Crippen LogP contribution in [0.4, 0.5) is 0 Å². The van der Waals surface area contributed by atoms with Crippen LogP contribution in [-0.4, -0.2) is 5.11 Å². The molecular weight excluding hydrogens is 167 g/mol. The minimum atomic E-state index is 0.987. The summed E-state index contributed by atoms with van der Waals surface area (Å²) in [5.74, 6) is 0. The molecule has 2 heteroatoms. The van der Waals surface area contributed by atoms with Gasteiger partial charge in [-0.1, -0.05) is 0 Å². The standard InChI is InChI=1S/C2H3IO/c3-1-2-4/h1-2,4H/b2-1+. The molecule has 0 aliphatic heterocycles. The van der Waals surface area contributed by atoms with Gasteiger partial charge in [-0.2, -0.15) is 0 Å². The lowest BCUT2D eigenvalue weighted by Crippen LogP contribution is -1.31. The first kappa shape index (κ1) is 4.27. The third-order valence-electron chi connectivity index (χ3n) is 0.0563. The average molecular weight is 170 g/mol. The van der Waals surface area contributed by atoms with E-state index in [1.807, 2.05) is 22.6 Å². The molecular formula is C2H3IO. The Morgan fingerprint density at radius 3 is 2.00 bits per heavy atom. The summed E-state index contributed by atoms with van der Waals surface area (Å²) in [5.41, 5.74) is 0. The SMILES string of the molecule is O/C=C/I. The molecule has 0 amide bonds. The molecule has 0 unspecified atom stereocenters. The van der Waals surface area contributed by atoms with Crippen LogP contribution < -0.4 is 0 Å². The van der Waals surface area contributed by atoms with Gasteiger partial charge in [0.25, 0.3) is 0 Å². The molecule has 1 nitrogen and oxygen atoms in total. The van der Waals surface area contributed by atoms with Crippen molar-refractivity contribution in [3.05, 3.63) is 10.3 Å². The molecule has 0 bridgehead atoms. The van der Waals surface area contributed by atoms with E-state index in [1.54, 1.807) is 0 Å². The lowest BCUT2D eigenvalue weighted by molar-refractivity contribution is 0.475. The molecule has 0 rings (SSSR count). The van der Waals surface area contributed by atoms with Gasteiger partial charge in [0.05, 0.1) is 6.26 Å². The summed E-state index contributed by atoms with van der Waals surface area (Å²) in [6.07, 6.45) is 0.987. The van der Waals surface area contributed by atoms with Gasteiger partial charge in [-0.3, -0.25) is 0 Å². The molecule has 0 spiro atoms. The van der Waals surface area contributed by atoms with E-state index in [9.17, 15) is 0 Å². The number of hydrogen-bond acceptors (Lipinski definition) is 1. The lowest BCUT2D eigenvalue weighted by Gasteiger charge is -1.51. The minimum absolute atomic E-state index is 0.987. The van der Waals surface area contributed by atoms with Crippen molar-refractivity contribution < 1.29 is 5.11 Å². The maximum atomic E-state index is 7.69. The quantitative estimate of drug-likeness (QED) is 0.430. The number of aliphatic hydroxyl groups excluding tert-OH is 1. The Balaban J connectivity index is 2.55. The number of rotatable bonds is 0. The Morgan fingerprint density at radius 1 is 1.75 bits per heavy atom. The minimum Gasteiger partial charge on any atom is -0.515 e. The molecule has 4 heavy (non-hydrogen) atoms. The molecule has 0 fully saturated rings. The number of halogens is 1. The summed E-state index contributed by atoms with van der Waals surface area (Å²) in [5, 5.41) is 7.69. The van der Waals surface area contributed by atoms with Gasteiger partial charge in [-0.15, -0.1) is 0 Å². The first-order chi connectivity index (χ1) is 1.91. The van der Waals surface area contributed by atoms with Crippen molar-refractivity contribution in [2.45, 2.75) is 0 Å². The third kappa shape index (κ3) is 2.27. The van der Waals surface area contributed by atoms with Gasteiger partial charge < -0.3 is 5.11 Å². The summed E-state index contributed by atoms with van der Waals surface area (Å²) < 4.78 is 1.53. The summed E-state index contributed by atoms with van der Waals surface area (Å²) in [7, 11) is 0. The highest BCUT2D eigenvalue weighted by Crippen LogP contribution is 1.76. The predicted molar refractivity (Wildman–Crippen MR) is 25.8 cm³/mol. The monoisotopic (exact) mass is 170 g/mol. The average Bonchev–Trinajstić information content (AvgIpc) is 1.37. The van der Waals surface area contributed by atoms with Gasteiger partial charge in [0.2, 0.25) is 0 Å². The second-order valence-corrected chi connectivity index (χ2v) is 0.994. The van der Waals surface area contributed by atoms with Crippen LogP contribution in [-0.2, 0) is 0 Å². The zero-order valence-electron chi connectivity index (χ0n) is 1.98. The molecule has 0 aliphatic carbocycles. The summed E-state index contributed by atoms with van der Waals surface area (Å²) in [6, 6.07) is 0. The van der Waals surface area contributed by atoms with E-state index in [1.165, 1.54) is 4.08 Å². The summed E-state index contributed by atoms with van der Waals surface area (Å²) >= 11 is 1.92. The molecule has 0 aromatic heterocycles. The first-order valence-electron chi connectivity index (χ1n) is 0.810. The molecule has 0 radical (unpaired) electrons. The van der Waals surface area contributed by atoms with Gasteiger partial charge in [-0.25, -0.2) is 0 Å². The van der Waals surface area contributed by atoms with Gasteiger partial charge in [0.1, 0.15) is 0 Å². The highest BCUT2D eigenvalue weighted by molar-refractivity contribution is 14.1. The predicted octanol–water partition coefficient (Wildman–Crippen LogP) is 1.45. The topological polar surface area (TPSA) is 20.2 Å². The maximum absolute atomic E-state index is 7.69. The van der Waals surface area contributed by atoms with E-state index >= 15 is 0 Å². The van der Waals surface area contributed by atoms with Crippen LogP contribution in [0.5, 0.6) is 0 Å². The van der Waals surface area contributed by atoms with Crippen LogP contribution >= 0.6 is 22.6 Å². The Labute approximate surface area is 38.5 Å². The van der Waals surface area contributed by atoms with Crippen LogP contribution in [0, 0.1) is 0 Å². The van der Waals surface area contributed by atoms with E-state index in [4.69, 9.17) is 5.11 Å². The Bertz CT molecular complexity index is 21.2. The summed E-state index contributed by atoms with van der Waals surface area (Å²) in [6.45, 7) is 0. The van der Waals surface area contributed by atoms with Crippen molar-refractivity contribution in [1.82, 2.24) is 0 Å². The largest absolute Gasteiger partial charge is 0.515 e. The Kier molecular flexibility index (Phi) is 3.49. The van der Waals surface area contributed by atoms with Crippen molar-refractivity contribution in [2.24, 2.45) is 0 Å². The molecule has 0 atom stereocenters. The van der Waals surface area contributed by atoms with Crippen LogP contribution in [0.3, 0.4) is 0 Å². The highest BCUT2D eigenvalue weighted by atomic mass is 127. The van der Waals surface area contributed by atoms with Crippen LogP contribution in [0.1, 0.15) is 0 Å². The Morgan fingerprint density at radius 2 is 2.00 bits per heavy atom. The van der Waals surface area contributed by atoms with E-state index < -0.39 is 0 Å². The summed E-state index contributed by atoms with van der Waals surface area (Å²) in [4.78, 5) is 0.